The number of aliphatic hydroxyl groups excluding tert-OH is 1. The lowest BCUT2D eigenvalue weighted by Gasteiger charge is -2.26. The van der Waals surface area contributed by atoms with E-state index in [1.54, 1.807) is 14.2 Å². The van der Waals surface area contributed by atoms with Gasteiger partial charge in [0.2, 0.25) is 0 Å². The summed E-state index contributed by atoms with van der Waals surface area (Å²) in [7, 11) is 3.21. The molecule has 0 unspecified atom stereocenters. The number of anilines is 1. The van der Waals surface area contributed by atoms with E-state index in [4.69, 9.17) is 25.8 Å². The molecule has 0 saturated heterocycles. The molecule has 0 spiro atoms. The van der Waals surface area contributed by atoms with Crippen LogP contribution in [-0.2, 0) is 0 Å². The Kier molecular flexibility index (Phi) is 11.7. The van der Waals surface area contributed by atoms with Gasteiger partial charge in [0.1, 0.15) is 29.4 Å². The minimum atomic E-state index is -0.667. The molecule has 1 heterocycles. The van der Waals surface area contributed by atoms with Gasteiger partial charge in [-0.1, -0.05) is 11.6 Å². The van der Waals surface area contributed by atoms with Crippen LogP contribution in [0.5, 0.6) is 17.2 Å². The van der Waals surface area contributed by atoms with Crippen molar-refractivity contribution < 1.29 is 19.3 Å². The number of rotatable bonds is 10. The molecule has 0 amide bonds. The van der Waals surface area contributed by atoms with Gasteiger partial charge in [-0.3, -0.25) is 0 Å². The van der Waals surface area contributed by atoms with Crippen molar-refractivity contribution in [1.82, 2.24) is 9.97 Å². The number of nitrogens with one attached hydrogen (secondary N) is 1. The molecule has 0 aliphatic rings. The third-order valence-electron chi connectivity index (χ3n) is 4.94. The predicted octanol–water partition coefficient (Wildman–Crippen LogP) is 5.17. The lowest BCUT2D eigenvalue weighted by molar-refractivity contribution is 0.112. The molecule has 3 rings (SSSR count). The SMILES string of the molecule is CCN(C[C@H](O)COc1ccc(-c2nc(Cl)c(C)[nH]2)cc1)c1ccc(OC)c(OC)c1.Cl.Cl. The van der Waals surface area contributed by atoms with Crippen molar-refractivity contribution in [3.63, 3.8) is 0 Å². The number of benzene rings is 2. The number of aromatic amines is 1. The van der Waals surface area contributed by atoms with Crippen molar-refractivity contribution in [2.45, 2.75) is 20.0 Å². The number of hydrogen-bond donors (Lipinski definition) is 2. The molecule has 0 aliphatic heterocycles. The van der Waals surface area contributed by atoms with Crippen LogP contribution in [0.4, 0.5) is 5.69 Å². The summed E-state index contributed by atoms with van der Waals surface area (Å²) < 4.78 is 16.4. The van der Waals surface area contributed by atoms with Crippen LogP contribution in [0.2, 0.25) is 5.15 Å². The van der Waals surface area contributed by atoms with E-state index >= 15 is 0 Å². The molecule has 3 aromatic rings. The first-order valence-corrected chi connectivity index (χ1v) is 10.4. The number of aromatic nitrogens is 2. The number of aliphatic hydroxyl groups is 1. The third-order valence-corrected chi connectivity index (χ3v) is 5.31. The summed E-state index contributed by atoms with van der Waals surface area (Å²) in [4.78, 5) is 9.49. The number of hydrogen-bond acceptors (Lipinski definition) is 6. The first-order chi connectivity index (χ1) is 14.9. The van der Waals surface area contributed by atoms with Crippen LogP contribution in [0.1, 0.15) is 12.6 Å². The maximum atomic E-state index is 10.5. The van der Waals surface area contributed by atoms with Gasteiger partial charge in [0.25, 0.3) is 0 Å². The third kappa shape index (κ3) is 7.33. The number of likely N-dealkylation sites (N-methyl/N-ethyl adjacent to an activating group) is 1. The second-order valence-corrected chi connectivity index (χ2v) is 7.43. The predicted molar refractivity (Wildman–Crippen MR) is 137 cm³/mol. The normalized spacial score (nSPS) is 11.1. The van der Waals surface area contributed by atoms with E-state index in [1.807, 2.05) is 56.3 Å². The lowest BCUT2D eigenvalue weighted by atomic mass is 10.2. The van der Waals surface area contributed by atoms with Gasteiger partial charge in [-0.15, -0.1) is 24.8 Å². The first kappa shape index (κ1) is 28.7. The Morgan fingerprint density at radius 1 is 1.06 bits per heavy atom. The average molecular weight is 519 g/mol. The molecule has 0 bridgehead atoms. The smallest absolute Gasteiger partial charge is 0.162 e. The Balaban J connectivity index is 0.00000272. The van der Waals surface area contributed by atoms with E-state index in [0.29, 0.717) is 34.8 Å². The zero-order valence-corrected chi connectivity index (χ0v) is 21.4. The number of aryl methyl sites for hydroxylation is 1. The highest BCUT2D eigenvalue weighted by Crippen LogP contribution is 2.31. The summed E-state index contributed by atoms with van der Waals surface area (Å²) in [6.45, 7) is 5.24. The van der Waals surface area contributed by atoms with Crippen LogP contribution in [0, 0.1) is 6.92 Å². The molecule has 0 fully saturated rings. The molecule has 10 heteroatoms. The number of methoxy groups -OCH3 is 2. The van der Waals surface area contributed by atoms with Crippen molar-refractivity contribution >= 4 is 42.1 Å². The second kappa shape index (κ2) is 13.4. The van der Waals surface area contributed by atoms with Gasteiger partial charge in [-0.25, -0.2) is 4.98 Å². The highest BCUT2D eigenvalue weighted by Gasteiger charge is 2.15. The fourth-order valence-corrected chi connectivity index (χ4v) is 3.35. The lowest BCUT2D eigenvalue weighted by Crippen LogP contribution is -2.35. The standard InChI is InChI=1S/C23H28ClN3O4.2ClH/c1-5-27(17-8-11-20(29-3)21(12-17)30-4)13-18(28)14-31-19-9-6-16(7-10-19)23-25-15(2)22(24)26-23;;/h6-12,18,28H,5,13-14H2,1-4H3,(H,25,26);2*1H/t18-;;/m0../s1. The van der Waals surface area contributed by atoms with Gasteiger partial charge in [0, 0.05) is 30.4 Å². The Bertz CT molecular complexity index is 980. The summed E-state index contributed by atoms with van der Waals surface area (Å²) >= 11 is 6.01. The minimum Gasteiger partial charge on any atom is -0.493 e. The van der Waals surface area contributed by atoms with Crippen molar-refractivity contribution in [1.29, 1.82) is 0 Å². The van der Waals surface area contributed by atoms with E-state index in [9.17, 15) is 5.11 Å². The maximum absolute atomic E-state index is 10.5. The topological polar surface area (TPSA) is 79.8 Å². The summed E-state index contributed by atoms with van der Waals surface area (Å²) in [6.07, 6.45) is -0.667. The number of ether oxygens (including phenoxy) is 3. The average Bonchev–Trinajstić information content (AvgIpc) is 3.14. The van der Waals surface area contributed by atoms with Crippen LogP contribution < -0.4 is 19.1 Å². The molecule has 33 heavy (non-hydrogen) atoms. The van der Waals surface area contributed by atoms with Crippen LogP contribution in [-0.4, -0.2) is 55.1 Å². The second-order valence-electron chi connectivity index (χ2n) is 7.07. The van der Waals surface area contributed by atoms with Crippen molar-refractivity contribution in [3.8, 4) is 28.6 Å². The monoisotopic (exact) mass is 517 g/mol. The summed E-state index contributed by atoms with van der Waals surface area (Å²) in [5.74, 6) is 2.70. The van der Waals surface area contributed by atoms with Gasteiger partial charge >= 0.3 is 0 Å². The van der Waals surface area contributed by atoms with Crippen molar-refractivity contribution in [3.05, 3.63) is 53.3 Å². The van der Waals surface area contributed by atoms with E-state index in [2.05, 4.69) is 14.9 Å². The Labute approximate surface area is 211 Å². The van der Waals surface area contributed by atoms with E-state index < -0.39 is 6.10 Å². The molecular weight excluding hydrogens is 489 g/mol. The van der Waals surface area contributed by atoms with E-state index in [-0.39, 0.29) is 31.4 Å². The fraction of sp³-hybridized carbons (Fsp3) is 0.348. The fourth-order valence-electron chi connectivity index (χ4n) is 3.22. The van der Waals surface area contributed by atoms with Gasteiger partial charge in [0.15, 0.2) is 11.5 Å². The highest BCUT2D eigenvalue weighted by molar-refractivity contribution is 6.30. The van der Waals surface area contributed by atoms with Gasteiger partial charge in [0.05, 0.1) is 19.9 Å². The number of halogens is 3. The van der Waals surface area contributed by atoms with Gasteiger partial charge < -0.3 is 29.2 Å². The Morgan fingerprint density at radius 2 is 1.73 bits per heavy atom. The molecule has 7 nitrogen and oxygen atoms in total. The maximum Gasteiger partial charge on any atom is 0.162 e. The minimum absolute atomic E-state index is 0. The molecule has 2 aromatic carbocycles. The molecular formula is C23H30Cl3N3O4. The first-order valence-electron chi connectivity index (χ1n) is 10.1. The number of imidazole rings is 1. The van der Waals surface area contributed by atoms with Crippen LogP contribution in [0.15, 0.2) is 42.5 Å². The Morgan fingerprint density at radius 3 is 2.27 bits per heavy atom. The zero-order valence-electron chi connectivity index (χ0n) is 19.0. The molecule has 182 valence electrons. The molecule has 0 aliphatic carbocycles. The van der Waals surface area contributed by atoms with Crippen LogP contribution >= 0.6 is 36.4 Å². The van der Waals surface area contributed by atoms with Gasteiger partial charge in [-0.2, -0.15) is 0 Å². The number of H-pyrrole nitrogens is 1. The molecule has 0 radical (unpaired) electrons. The van der Waals surface area contributed by atoms with Crippen molar-refractivity contribution in [2.24, 2.45) is 0 Å². The molecule has 0 saturated carbocycles. The van der Waals surface area contributed by atoms with Crippen LogP contribution in [0.3, 0.4) is 0 Å². The molecule has 1 aromatic heterocycles. The largest absolute Gasteiger partial charge is 0.493 e. The summed E-state index contributed by atoms with van der Waals surface area (Å²) in [6, 6.07) is 13.2. The summed E-state index contributed by atoms with van der Waals surface area (Å²) in [5, 5.41) is 11.0. The quantitative estimate of drug-likeness (QED) is 0.386. The molecule has 2 N–H and O–H groups in total. The van der Waals surface area contributed by atoms with Crippen molar-refractivity contribution in [2.75, 3.05) is 38.8 Å². The van der Waals surface area contributed by atoms with E-state index in [1.165, 1.54) is 0 Å². The highest BCUT2D eigenvalue weighted by atomic mass is 35.5. The molecule has 1 atom stereocenters. The van der Waals surface area contributed by atoms with Crippen LogP contribution in [0.25, 0.3) is 11.4 Å². The van der Waals surface area contributed by atoms with Gasteiger partial charge in [-0.05, 0) is 50.2 Å². The number of nitrogens with zero attached hydrogens (tertiary/aromatic N) is 2. The Hall–Kier alpha value is -2.32. The summed E-state index contributed by atoms with van der Waals surface area (Å²) in [5.41, 5.74) is 2.68. The zero-order chi connectivity index (χ0) is 22.4. The van der Waals surface area contributed by atoms with E-state index in [0.717, 1.165) is 23.5 Å².